The third-order valence-electron chi connectivity index (χ3n) is 4.01. The van der Waals surface area contributed by atoms with Crippen LogP contribution in [0.15, 0.2) is 36.8 Å². The Balaban J connectivity index is 1.69. The lowest BCUT2D eigenvalue weighted by Crippen LogP contribution is -2.29. The Hall–Kier alpha value is -2.17. The summed E-state index contributed by atoms with van der Waals surface area (Å²) in [6.07, 6.45) is 6.49. The van der Waals surface area contributed by atoms with Crippen molar-refractivity contribution in [2.45, 2.75) is 32.2 Å². The second-order valence-corrected chi connectivity index (χ2v) is 5.79. The highest BCUT2D eigenvalue weighted by Crippen LogP contribution is 2.27. The molecule has 110 valence electrons. The van der Waals surface area contributed by atoms with Gasteiger partial charge in [0.25, 0.3) is 5.91 Å². The molecule has 0 spiro atoms. The van der Waals surface area contributed by atoms with Crippen molar-refractivity contribution in [1.82, 2.24) is 19.7 Å². The highest BCUT2D eigenvalue weighted by molar-refractivity contribution is 5.92. The number of hydrogen-bond donors (Lipinski definition) is 0. The van der Waals surface area contributed by atoms with Gasteiger partial charge in [-0.2, -0.15) is 5.10 Å². The summed E-state index contributed by atoms with van der Waals surface area (Å²) in [6.45, 7) is 5.66. The topological polar surface area (TPSA) is 51.0 Å². The molecule has 0 aromatic carbocycles. The largest absolute Gasteiger partial charge is 0.337 e. The molecular weight excluding hydrogens is 264 g/mol. The third kappa shape index (κ3) is 2.82. The molecule has 1 amide bonds. The summed E-state index contributed by atoms with van der Waals surface area (Å²) in [5.74, 6) is 0.440. The molecule has 3 rings (SSSR count). The summed E-state index contributed by atoms with van der Waals surface area (Å²) in [5.41, 5.74) is 1.80. The summed E-state index contributed by atoms with van der Waals surface area (Å²) in [5, 5.41) is 4.37. The molecule has 0 unspecified atom stereocenters. The molecule has 21 heavy (non-hydrogen) atoms. The zero-order chi connectivity index (χ0) is 14.8. The average Bonchev–Trinajstić information content (AvgIpc) is 3.17. The second kappa shape index (κ2) is 5.68. The number of pyridine rings is 1. The van der Waals surface area contributed by atoms with Crippen LogP contribution in [0.2, 0.25) is 0 Å². The molecule has 0 radical (unpaired) electrons. The lowest BCUT2D eigenvalue weighted by Gasteiger charge is -2.15. The predicted molar refractivity (Wildman–Crippen MR) is 80.1 cm³/mol. The van der Waals surface area contributed by atoms with Crippen LogP contribution in [0.4, 0.5) is 0 Å². The number of rotatable bonds is 3. The van der Waals surface area contributed by atoms with E-state index in [2.05, 4.69) is 23.9 Å². The van der Waals surface area contributed by atoms with Crippen LogP contribution < -0.4 is 0 Å². The highest BCUT2D eigenvalue weighted by atomic mass is 16.2. The zero-order valence-corrected chi connectivity index (χ0v) is 12.4. The van der Waals surface area contributed by atoms with E-state index in [4.69, 9.17) is 0 Å². The van der Waals surface area contributed by atoms with Gasteiger partial charge in [0, 0.05) is 43.6 Å². The van der Waals surface area contributed by atoms with E-state index in [1.54, 1.807) is 0 Å². The van der Waals surface area contributed by atoms with Gasteiger partial charge in [-0.1, -0.05) is 0 Å². The molecule has 2 aromatic heterocycles. The number of carbonyl (C=O) groups is 1. The van der Waals surface area contributed by atoms with E-state index < -0.39 is 0 Å². The fourth-order valence-corrected chi connectivity index (χ4v) is 2.75. The van der Waals surface area contributed by atoms with Gasteiger partial charge in [0.05, 0.1) is 0 Å². The molecule has 0 bridgehead atoms. The summed E-state index contributed by atoms with van der Waals surface area (Å²) in [6, 6.07) is 6.15. The maximum Gasteiger partial charge on any atom is 0.274 e. The van der Waals surface area contributed by atoms with E-state index >= 15 is 0 Å². The van der Waals surface area contributed by atoms with Gasteiger partial charge in [0.2, 0.25) is 0 Å². The van der Waals surface area contributed by atoms with E-state index in [0.717, 1.165) is 19.5 Å². The van der Waals surface area contributed by atoms with Gasteiger partial charge in [-0.15, -0.1) is 0 Å². The van der Waals surface area contributed by atoms with E-state index in [9.17, 15) is 4.79 Å². The molecule has 3 heterocycles. The van der Waals surface area contributed by atoms with Crippen LogP contribution in [0.1, 0.15) is 48.3 Å². The van der Waals surface area contributed by atoms with Crippen LogP contribution in [0, 0.1) is 0 Å². The molecule has 5 heteroatoms. The number of nitrogens with zero attached hydrogens (tertiary/aromatic N) is 4. The van der Waals surface area contributed by atoms with Gasteiger partial charge in [-0.3, -0.25) is 14.5 Å². The minimum absolute atomic E-state index is 0.0333. The van der Waals surface area contributed by atoms with Crippen LogP contribution in [0.5, 0.6) is 0 Å². The summed E-state index contributed by atoms with van der Waals surface area (Å²) in [7, 11) is 0. The summed E-state index contributed by atoms with van der Waals surface area (Å²) >= 11 is 0. The molecule has 0 N–H and O–H groups in total. The monoisotopic (exact) mass is 284 g/mol. The normalized spacial score (nSPS) is 18.4. The Morgan fingerprint density at radius 3 is 2.71 bits per heavy atom. The molecule has 1 aliphatic rings. The average molecular weight is 284 g/mol. The van der Waals surface area contributed by atoms with Crippen molar-refractivity contribution in [3.63, 3.8) is 0 Å². The standard InChI is InChI=1S/C16H20N4O/c1-12(2)20-10-6-15(18-20)16(21)19-9-5-14(11-19)13-3-7-17-8-4-13/h3-4,6-8,10,12,14H,5,9,11H2,1-2H3/t14-/m0/s1. The minimum Gasteiger partial charge on any atom is -0.337 e. The van der Waals surface area contributed by atoms with Crippen LogP contribution in [-0.2, 0) is 0 Å². The Bertz CT molecular complexity index is 620. The zero-order valence-electron chi connectivity index (χ0n) is 12.4. The number of aromatic nitrogens is 3. The van der Waals surface area contributed by atoms with Gasteiger partial charge in [-0.25, -0.2) is 0 Å². The van der Waals surface area contributed by atoms with Crippen molar-refractivity contribution in [3.05, 3.63) is 48.0 Å². The Kier molecular flexibility index (Phi) is 3.73. The Morgan fingerprint density at radius 1 is 1.29 bits per heavy atom. The number of amides is 1. The van der Waals surface area contributed by atoms with Gasteiger partial charge in [0.15, 0.2) is 0 Å². The molecule has 0 aliphatic carbocycles. The van der Waals surface area contributed by atoms with Crippen molar-refractivity contribution in [3.8, 4) is 0 Å². The maximum atomic E-state index is 12.5. The summed E-state index contributed by atoms with van der Waals surface area (Å²) < 4.78 is 1.82. The molecule has 1 aliphatic heterocycles. The van der Waals surface area contributed by atoms with E-state index in [-0.39, 0.29) is 11.9 Å². The lowest BCUT2D eigenvalue weighted by molar-refractivity contribution is 0.0784. The second-order valence-electron chi connectivity index (χ2n) is 5.79. The first-order valence-electron chi connectivity index (χ1n) is 7.39. The number of hydrogen-bond acceptors (Lipinski definition) is 3. The fourth-order valence-electron chi connectivity index (χ4n) is 2.75. The van der Waals surface area contributed by atoms with Gasteiger partial charge >= 0.3 is 0 Å². The summed E-state index contributed by atoms with van der Waals surface area (Å²) in [4.78, 5) is 18.4. The van der Waals surface area contributed by atoms with E-state index in [0.29, 0.717) is 11.6 Å². The number of likely N-dealkylation sites (tertiary alicyclic amines) is 1. The highest BCUT2D eigenvalue weighted by Gasteiger charge is 2.29. The molecule has 1 atom stereocenters. The molecule has 2 aromatic rings. The molecule has 1 saturated heterocycles. The van der Waals surface area contributed by atoms with Gasteiger partial charge in [0.1, 0.15) is 5.69 Å². The quantitative estimate of drug-likeness (QED) is 0.870. The first kappa shape index (κ1) is 13.8. The predicted octanol–water partition coefficient (Wildman–Crippen LogP) is 2.49. The van der Waals surface area contributed by atoms with E-state index in [1.807, 2.05) is 46.4 Å². The lowest BCUT2D eigenvalue weighted by atomic mass is 10.00. The van der Waals surface area contributed by atoms with Gasteiger partial charge in [-0.05, 0) is 44.0 Å². The number of carbonyl (C=O) groups excluding carboxylic acids is 1. The minimum atomic E-state index is 0.0333. The van der Waals surface area contributed by atoms with Crippen molar-refractivity contribution in [1.29, 1.82) is 0 Å². The molecular formula is C16H20N4O. The van der Waals surface area contributed by atoms with Crippen LogP contribution in [0.25, 0.3) is 0 Å². The molecule has 1 fully saturated rings. The Morgan fingerprint density at radius 2 is 2.05 bits per heavy atom. The third-order valence-corrected chi connectivity index (χ3v) is 4.01. The van der Waals surface area contributed by atoms with Crippen LogP contribution in [-0.4, -0.2) is 38.7 Å². The first-order valence-corrected chi connectivity index (χ1v) is 7.39. The van der Waals surface area contributed by atoms with Crippen molar-refractivity contribution in [2.24, 2.45) is 0 Å². The van der Waals surface area contributed by atoms with Crippen molar-refractivity contribution in [2.75, 3.05) is 13.1 Å². The Labute approximate surface area is 124 Å². The first-order chi connectivity index (χ1) is 10.1. The van der Waals surface area contributed by atoms with Crippen molar-refractivity contribution < 1.29 is 4.79 Å². The SMILES string of the molecule is CC(C)n1ccc(C(=O)N2CC[C@H](c3ccncc3)C2)n1. The smallest absolute Gasteiger partial charge is 0.274 e. The molecule has 5 nitrogen and oxygen atoms in total. The van der Waals surface area contributed by atoms with E-state index in [1.165, 1.54) is 5.56 Å². The van der Waals surface area contributed by atoms with Crippen molar-refractivity contribution >= 4 is 5.91 Å². The van der Waals surface area contributed by atoms with Crippen LogP contribution >= 0.6 is 0 Å². The van der Waals surface area contributed by atoms with Crippen LogP contribution in [0.3, 0.4) is 0 Å². The van der Waals surface area contributed by atoms with Gasteiger partial charge < -0.3 is 4.90 Å². The molecule has 0 saturated carbocycles. The fraction of sp³-hybridized carbons (Fsp3) is 0.438. The maximum absolute atomic E-state index is 12.5.